The van der Waals surface area contributed by atoms with E-state index in [1.165, 1.54) is 12.0 Å². The van der Waals surface area contributed by atoms with Gasteiger partial charge in [-0.15, -0.1) is 0 Å². The molecule has 23 heavy (non-hydrogen) atoms. The zero-order valence-corrected chi connectivity index (χ0v) is 14.5. The van der Waals surface area contributed by atoms with Crippen LogP contribution in [0.3, 0.4) is 0 Å². The number of benzene rings is 1. The van der Waals surface area contributed by atoms with Crippen molar-refractivity contribution in [3.8, 4) is 0 Å². The van der Waals surface area contributed by atoms with Crippen molar-refractivity contribution in [3.63, 3.8) is 0 Å². The molecule has 0 aromatic heterocycles. The van der Waals surface area contributed by atoms with Gasteiger partial charge in [-0.25, -0.2) is 4.79 Å². The average Bonchev–Trinajstić information content (AvgIpc) is 2.54. The number of nitrogens with zero attached hydrogens (tertiary/aromatic N) is 1. The molecule has 0 saturated heterocycles. The van der Waals surface area contributed by atoms with Crippen LogP contribution in [-0.2, 0) is 17.8 Å². The van der Waals surface area contributed by atoms with Crippen molar-refractivity contribution in [2.45, 2.75) is 50.9 Å². The molecule has 1 aliphatic carbocycles. The maximum absolute atomic E-state index is 12.1. The van der Waals surface area contributed by atoms with Crippen LogP contribution in [0.5, 0.6) is 0 Å². The van der Waals surface area contributed by atoms with Crippen molar-refractivity contribution < 1.29 is 9.53 Å². The first-order chi connectivity index (χ1) is 11.1. The van der Waals surface area contributed by atoms with Gasteiger partial charge in [-0.05, 0) is 38.1 Å². The van der Waals surface area contributed by atoms with Gasteiger partial charge >= 0.3 is 6.03 Å². The van der Waals surface area contributed by atoms with Gasteiger partial charge in [0.25, 0.3) is 0 Å². The van der Waals surface area contributed by atoms with Gasteiger partial charge in [0, 0.05) is 20.2 Å². The zero-order chi connectivity index (χ0) is 16.7. The molecule has 2 N–H and O–H groups in total. The Balaban J connectivity index is 1.77. The lowest BCUT2D eigenvalue weighted by molar-refractivity contribution is 0.0452. The summed E-state index contributed by atoms with van der Waals surface area (Å²) in [6.45, 7) is 1.47. The van der Waals surface area contributed by atoms with E-state index in [2.05, 4.69) is 53.9 Å². The highest BCUT2D eigenvalue weighted by Gasteiger charge is 2.26. The number of nitrogens with one attached hydrogen (secondary N) is 2. The zero-order valence-electron chi connectivity index (χ0n) is 14.5. The number of hydrogen-bond donors (Lipinski definition) is 2. The van der Waals surface area contributed by atoms with Gasteiger partial charge in [-0.1, -0.05) is 37.1 Å². The normalized spacial score (nSPS) is 21.2. The lowest BCUT2D eigenvalue weighted by atomic mass is 9.92. The monoisotopic (exact) mass is 319 g/mol. The fraction of sp³-hybridized carbons (Fsp3) is 0.611. The standard InChI is InChI=1S/C18H29N3O2/c1-21(2)13-15-10-8-14(9-11-15)12-19-18(22)20-16-6-4-5-7-17(16)23-3/h8-11,16-17H,4-7,12-13H2,1-3H3,(H2,19,20,22)/t16-,17-/m1/s1. The van der Waals surface area contributed by atoms with E-state index in [9.17, 15) is 4.79 Å². The van der Waals surface area contributed by atoms with E-state index >= 15 is 0 Å². The Morgan fingerprint density at radius 2 is 1.83 bits per heavy atom. The van der Waals surface area contributed by atoms with Crippen LogP contribution in [0.2, 0.25) is 0 Å². The van der Waals surface area contributed by atoms with E-state index in [1.54, 1.807) is 7.11 Å². The molecule has 0 aliphatic heterocycles. The SMILES string of the molecule is CO[C@@H]1CCCC[C@H]1NC(=O)NCc1ccc(CN(C)C)cc1. The van der Waals surface area contributed by atoms with Gasteiger partial charge in [0.1, 0.15) is 0 Å². The number of hydrogen-bond acceptors (Lipinski definition) is 3. The van der Waals surface area contributed by atoms with E-state index < -0.39 is 0 Å². The summed E-state index contributed by atoms with van der Waals surface area (Å²) in [7, 11) is 5.83. The van der Waals surface area contributed by atoms with Crippen LogP contribution in [0.25, 0.3) is 0 Å². The predicted molar refractivity (Wildman–Crippen MR) is 92.3 cm³/mol. The summed E-state index contributed by atoms with van der Waals surface area (Å²) in [4.78, 5) is 14.2. The van der Waals surface area contributed by atoms with Gasteiger partial charge in [0.2, 0.25) is 0 Å². The van der Waals surface area contributed by atoms with Gasteiger partial charge < -0.3 is 20.3 Å². The van der Waals surface area contributed by atoms with Crippen LogP contribution in [0.15, 0.2) is 24.3 Å². The Morgan fingerprint density at radius 3 is 2.48 bits per heavy atom. The minimum atomic E-state index is -0.115. The second kappa shape index (κ2) is 8.89. The average molecular weight is 319 g/mol. The molecule has 2 amide bonds. The molecule has 2 atom stereocenters. The number of carbonyl (C=O) groups is 1. The Kier molecular flexibility index (Phi) is 6.86. The van der Waals surface area contributed by atoms with Crippen LogP contribution in [0.4, 0.5) is 4.79 Å². The van der Waals surface area contributed by atoms with Gasteiger partial charge in [0.05, 0.1) is 12.1 Å². The van der Waals surface area contributed by atoms with Crippen LogP contribution in [0, 0.1) is 0 Å². The van der Waals surface area contributed by atoms with Crippen molar-refractivity contribution in [2.24, 2.45) is 0 Å². The largest absolute Gasteiger partial charge is 0.379 e. The Bertz CT molecular complexity index is 488. The molecule has 2 rings (SSSR count). The molecule has 0 radical (unpaired) electrons. The minimum Gasteiger partial charge on any atom is -0.379 e. The Hall–Kier alpha value is -1.59. The molecule has 1 aromatic carbocycles. The van der Waals surface area contributed by atoms with Crippen molar-refractivity contribution in [1.82, 2.24) is 15.5 Å². The van der Waals surface area contributed by atoms with Crippen LogP contribution < -0.4 is 10.6 Å². The molecule has 1 fully saturated rings. The van der Waals surface area contributed by atoms with Crippen molar-refractivity contribution >= 4 is 6.03 Å². The van der Waals surface area contributed by atoms with Gasteiger partial charge in [0.15, 0.2) is 0 Å². The quantitative estimate of drug-likeness (QED) is 0.847. The summed E-state index contributed by atoms with van der Waals surface area (Å²) >= 11 is 0. The Morgan fingerprint density at radius 1 is 1.17 bits per heavy atom. The Labute approximate surface area is 139 Å². The molecular formula is C18H29N3O2. The number of rotatable bonds is 6. The summed E-state index contributed by atoms with van der Waals surface area (Å²) in [6, 6.07) is 8.36. The summed E-state index contributed by atoms with van der Waals surface area (Å²) in [5.41, 5.74) is 2.38. The highest BCUT2D eigenvalue weighted by atomic mass is 16.5. The van der Waals surface area contributed by atoms with Gasteiger partial charge in [-0.3, -0.25) is 0 Å². The van der Waals surface area contributed by atoms with E-state index in [4.69, 9.17) is 4.74 Å². The molecular weight excluding hydrogens is 290 g/mol. The third-order valence-electron chi connectivity index (χ3n) is 4.30. The lowest BCUT2D eigenvalue weighted by Gasteiger charge is -2.31. The first kappa shape index (κ1) is 17.8. The van der Waals surface area contributed by atoms with Crippen molar-refractivity contribution in [1.29, 1.82) is 0 Å². The fourth-order valence-corrected chi connectivity index (χ4v) is 3.07. The molecule has 1 saturated carbocycles. The summed E-state index contributed by atoms with van der Waals surface area (Å²) in [6.07, 6.45) is 4.48. The summed E-state index contributed by atoms with van der Waals surface area (Å²) in [5.74, 6) is 0. The second-order valence-corrected chi connectivity index (χ2v) is 6.55. The number of amides is 2. The van der Waals surface area contributed by atoms with E-state index in [0.717, 1.165) is 31.4 Å². The molecule has 0 unspecified atom stereocenters. The van der Waals surface area contributed by atoms with Crippen molar-refractivity contribution in [2.75, 3.05) is 21.2 Å². The minimum absolute atomic E-state index is 0.115. The molecule has 0 spiro atoms. The van der Waals surface area contributed by atoms with Crippen molar-refractivity contribution in [3.05, 3.63) is 35.4 Å². The van der Waals surface area contributed by atoms with Crippen LogP contribution in [-0.4, -0.2) is 44.3 Å². The molecule has 128 valence electrons. The third-order valence-corrected chi connectivity index (χ3v) is 4.30. The highest BCUT2D eigenvalue weighted by molar-refractivity contribution is 5.74. The maximum Gasteiger partial charge on any atom is 0.315 e. The highest BCUT2D eigenvalue weighted by Crippen LogP contribution is 2.20. The van der Waals surface area contributed by atoms with Crippen LogP contribution >= 0.6 is 0 Å². The molecule has 5 heteroatoms. The topological polar surface area (TPSA) is 53.6 Å². The van der Waals surface area contributed by atoms with Crippen LogP contribution in [0.1, 0.15) is 36.8 Å². The predicted octanol–water partition coefficient (Wildman–Crippen LogP) is 2.51. The number of carbonyl (C=O) groups excluding carboxylic acids is 1. The molecule has 5 nitrogen and oxygen atoms in total. The van der Waals surface area contributed by atoms with E-state index in [1.807, 2.05) is 0 Å². The molecule has 1 aromatic rings. The lowest BCUT2D eigenvalue weighted by Crippen LogP contribution is -2.49. The molecule has 0 bridgehead atoms. The molecule has 1 aliphatic rings. The number of ether oxygens (including phenoxy) is 1. The van der Waals surface area contributed by atoms with E-state index in [-0.39, 0.29) is 18.2 Å². The smallest absolute Gasteiger partial charge is 0.315 e. The number of methoxy groups -OCH3 is 1. The van der Waals surface area contributed by atoms with Gasteiger partial charge in [-0.2, -0.15) is 0 Å². The summed E-state index contributed by atoms with van der Waals surface area (Å²) < 4.78 is 5.47. The molecule has 0 heterocycles. The van der Waals surface area contributed by atoms with E-state index in [0.29, 0.717) is 6.54 Å². The maximum atomic E-state index is 12.1. The number of urea groups is 1. The summed E-state index contributed by atoms with van der Waals surface area (Å²) in [5, 5.41) is 5.98. The third kappa shape index (κ3) is 5.84. The fourth-order valence-electron chi connectivity index (χ4n) is 3.07. The first-order valence-corrected chi connectivity index (χ1v) is 8.38. The second-order valence-electron chi connectivity index (χ2n) is 6.55. The first-order valence-electron chi connectivity index (χ1n) is 8.38.